The number of tetrazole rings is 1. The van der Waals surface area contributed by atoms with Crippen LogP contribution >= 0.6 is 11.3 Å². The number of hydrogen-bond donors (Lipinski definition) is 1. The Balaban J connectivity index is 1.56. The number of fused-ring (bicyclic) bond motifs is 1. The lowest BCUT2D eigenvalue weighted by atomic mass is 10.0. The molecule has 3 aromatic heterocycles. The second-order valence-corrected chi connectivity index (χ2v) is 8.09. The van der Waals surface area contributed by atoms with Crippen molar-refractivity contribution in [2.24, 2.45) is 7.05 Å². The second-order valence-electron chi connectivity index (χ2n) is 7.01. The van der Waals surface area contributed by atoms with Crippen LogP contribution in [-0.2, 0) is 19.9 Å². The van der Waals surface area contributed by atoms with Crippen LogP contribution in [0.4, 0.5) is 0 Å². The summed E-state index contributed by atoms with van der Waals surface area (Å²) in [7, 11) is 1.93. The topological polar surface area (TPSA) is 90.5 Å². The maximum Gasteiger partial charge on any atom is 0.255 e. The first kappa shape index (κ1) is 17.7. The van der Waals surface area contributed by atoms with Gasteiger partial charge in [0.15, 0.2) is 0 Å². The molecule has 1 amide bonds. The number of nitrogens with one attached hydrogen (secondary N) is 1. The summed E-state index contributed by atoms with van der Waals surface area (Å²) in [4.78, 5) is 19.3. The van der Waals surface area contributed by atoms with E-state index in [1.807, 2.05) is 48.1 Å². The van der Waals surface area contributed by atoms with Gasteiger partial charge in [-0.1, -0.05) is 30.3 Å². The van der Waals surface area contributed by atoms with Crippen molar-refractivity contribution in [2.75, 3.05) is 0 Å². The summed E-state index contributed by atoms with van der Waals surface area (Å²) in [5.74, 6) is 0.646. The van der Waals surface area contributed by atoms with Gasteiger partial charge >= 0.3 is 0 Å². The van der Waals surface area contributed by atoms with Gasteiger partial charge in [0.25, 0.3) is 5.91 Å². The van der Waals surface area contributed by atoms with Gasteiger partial charge in [0.1, 0.15) is 23.2 Å². The van der Waals surface area contributed by atoms with Crippen molar-refractivity contribution in [3.8, 4) is 5.00 Å². The highest BCUT2D eigenvalue weighted by molar-refractivity contribution is 7.15. The molecule has 0 saturated carbocycles. The molecule has 0 radical (unpaired) electrons. The molecule has 9 heteroatoms. The van der Waals surface area contributed by atoms with E-state index in [1.165, 1.54) is 11.2 Å². The van der Waals surface area contributed by atoms with E-state index in [2.05, 4.69) is 25.8 Å². The van der Waals surface area contributed by atoms with Crippen LogP contribution < -0.4 is 5.32 Å². The molecule has 0 spiro atoms. The number of benzene rings is 1. The van der Waals surface area contributed by atoms with E-state index in [-0.39, 0.29) is 11.9 Å². The Morgan fingerprint density at radius 2 is 2.10 bits per heavy atom. The molecule has 1 aliphatic rings. The van der Waals surface area contributed by atoms with Gasteiger partial charge in [-0.3, -0.25) is 4.79 Å². The SMILES string of the molecule is Cn1ccnc1[C@H](NC(=O)c1c(-n2cnnn2)sc2c1CCC2)c1ccccc1. The van der Waals surface area contributed by atoms with E-state index in [0.29, 0.717) is 5.56 Å². The van der Waals surface area contributed by atoms with Crippen molar-refractivity contribution >= 4 is 17.2 Å². The minimum absolute atomic E-state index is 0.133. The molecular formula is C20H19N7OS. The summed E-state index contributed by atoms with van der Waals surface area (Å²) < 4.78 is 3.51. The van der Waals surface area contributed by atoms with Gasteiger partial charge in [-0.25, -0.2) is 4.98 Å². The van der Waals surface area contributed by atoms with Gasteiger partial charge in [-0.2, -0.15) is 4.68 Å². The Labute approximate surface area is 171 Å². The minimum Gasteiger partial charge on any atom is -0.338 e. The number of aryl methyl sites for hydroxylation is 2. The fourth-order valence-corrected chi connectivity index (χ4v) is 5.14. The number of carbonyl (C=O) groups excluding carboxylic acids is 1. The first-order chi connectivity index (χ1) is 14.2. The lowest BCUT2D eigenvalue weighted by Crippen LogP contribution is -2.32. The van der Waals surface area contributed by atoms with Crippen LogP contribution in [0.25, 0.3) is 5.00 Å². The van der Waals surface area contributed by atoms with Crippen LogP contribution in [-0.4, -0.2) is 35.7 Å². The lowest BCUT2D eigenvalue weighted by Gasteiger charge is -2.19. The molecule has 0 saturated heterocycles. The summed E-state index contributed by atoms with van der Waals surface area (Å²) in [6.07, 6.45) is 8.11. The summed E-state index contributed by atoms with van der Waals surface area (Å²) >= 11 is 1.60. The normalized spacial score (nSPS) is 14.0. The van der Waals surface area contributed by atoms with E-state index in [1.54, 1.807) is 22.2 Å². The monoisotopic (exact) mass is 405 g/mol. The fourth-order valence-electron chi connectivity index (χ4n) is 3.84. The largest absolute Gasteiger partial charge is 0.338 e. The standard InChI is InChI=1S/C20H19N7OS/c1-26-11-10-21-18(26)17(13-6-3-2-4-7-13)23-19(28)16-14-8-5-9-15(14)29-20(16)27-12-22-24-25-27/h2-4,6-7,10-12,17H,5,8-9H2,1H3,(H,23,28)/t17-/m1/s1. The van der Waals surface area contributed by atoms with Crippen molar-refractivity contribution in [1.29, 1.82) is 0 Å². The van der Waals surface area contributed by atoms with Crippen molar-refractivity contribution in [1.82, 2.24) is 35.1 Å². The van der Waals surface area contributed by atoms with Crippen molar-refractivity contribution in [3.05, 3.63) is 76.4 Å². The van der Waals surface area contributed by atoms with Crippen molar-refractivity contribution < 1.29 is 4.79 Å². The highest BCUT2D eigenvalue weighted by Crippen LogP contribution is 2.37. The number of amides is 1. The zero-order chi connectivity index (χ0) is 19.8. The van der Waals surface area contributed by atoms with Crippen LogP contribution in [0, 0.1) is 0 Å². The molecule has 0 bridgehead atoms. The van der Waals surface area contributed by atoms with Gasteiger partial charge in [0.2, 0.25) is 0 Å². The number of rotatable bonds is 5. The summed E-state index contributed by atoms with van der Waals surface area (Å²) in [5.41, 5.74) is 2.76. The van der Waals surface area contributed by atoms with E-state index in [4.69, 9.17) is 0 Å². The van der Waals surface area contributed by atoms with Crippen LogP contribution in [0.2, 0.25) is 0 Å². The van der Waals surface area contributed by atoms with Gasteiger partial charge in [0.05, 0.1) is 5.56 Å². The van der Waals surface area contributed by atoms with Gasteiger partial charge in [-0.05, 0) is 40.8 Å². The molecule has 146 valence electrons. The number of aromatic nitrogens is 6. The molecule has 0 fully saturated rings. The Morgan fingerprint density at radius 3 is 2.83 bits per heavy atom. The number of nitrogens with zero attached hydrogens (tertiary/aromatic N) is 6. The summed E-state index contributed by atoms with van der Waals surface area (Å²) in [6, 6.07) is 9.53. The van der Waals surface area contributed by atoms with Crippen molar-refractivity contribution in [3.63, 3.8) is 0 Å². The zero-order valence-corrected chi connectivity index (χ0v) is 16.6. The van der Waals surface area contributed by atoms with Crippen molar-refractivity contribution in [2.45, 2.75) is 25.3 Å². The fraction of sp³-hybridized carbons (Fsp3) is 0.250. The quantitative estimate of drug-likeness (QED) is 0.551. The van der Waals surface area contributed by atoms with E-state index >= 15 is 0 Å². The molecule has 29 heavy (non-hydrogen) atoms. The first-order valence-electron chi connectivity index (χ1n) is 9.43. The molecule has 5 rings (SSSR count). The van der Waals surface area contributed by atoms with Gasteiger partial charge in [-0.15, -0.1) is 16.4 Å². The molecule has 1 N–H and O–H groups in total. The molecule has 0 aliphatic heterocycles. The molecule has 3 heterocycles. The molecule has 1 aliphatic carbocycles. The third-order valence-electron chi connectivity index (χ3n) is 5.21. The average molecular weight is 405 g/mol. The predicted octanol–water partition coefficient (Wildman–Crippen LogP) is 2.47. The Hall–Kier alpha value is -3.33. The molecule has 8 nitrogen and oxygen atoms in total. The third kappa shape index (κ3) is 3.13. The Bertz CT molecular complexity index is 1150. The highest BCUT2D eigenvalue weighted by atomic mass is 32.1. The van der Waals surface area contributed by atoms with Gasteiger partial charge < -0.3 is 9.88 Å². The van der Waals surface area contributed by atoms with Crippen LogP contribution in [0.15, 0.2) is 49.1 Å². The number of imidazole rings is 1. The number of thiophene rings is 1. The molecular weight excluding hydrogens is 386 g/mol. The predicted molar refractivity (Wildman–Crippen MR) is 108 cm³/mol. The zero-order valence-electron chi connectivity index (χ0n) is 15.8. The van der Waals surface area contributed by atoms with Gasteiger partial charge in [0, 0.05) is 24.3 Å². The number of carbonyl (C=O) groups is 1. The maximum absolute atomic E-state index is 13.5. The lowest BCUT2D eigenvalue weighted by molar-refractivity contribution is 0.0940. The van der Waals surface area contributed by atoms with Crippen LogP contribution in [0.5, 0.6) is 0 Å². The maximum atomic E-state index is 13.5. The molecule has 1 atom stereocenters. The van der Waals surface area contributed by atoms with Crippen LogP contribution in [0.3, 0.4) is 0 Å². The minimum atomic E-state index is -0.359. The number of hydrogen-bond acceptors (Lipinski definition) is 6. The second kappa shape index (κ2) is 7.25. The smallest absolute Gasteiger partial charge is 0.255 e. The Kier molecular flexibility index (Phi) is 4.44. The summed E-state index contributed by atoms with van der Waals surface area (Å²) in [5, 5.41) is 15.5. The summed E-state index contributed by atoms with van der Waals surface area (Å²) in [6.45, 7) is 0. The van der Waals surface area contributed by atoms with Crippen LogP contribution in [0.1, 0.15) is 44.6 Å². The molecule has 1 aromatic carbocycles. The third-order valence-corrected chi connectivity index (χ3v) is 6.49. The first-order valence-corrected chi connectivity index (χ1v) is 10.2. The highest BCUT2D eigenvalue weighted by Gasteiger charge is 2.30. The van der Waals surface area contributed by atoms with E-state index < -0.39 is 0 Å². The van der Waals surface area contributed by atoms with E-state index in [0.717, 1.165) is 41.2 Å². The Morgan fingerprint density at radius 1 is 1.24 bits per heavy atom. The molecule has 4 aromatic rings. The van der Waals surface area contributed by atoms with E-state index in [9.17, 15) is 4.79 Å². The average Bonchev–Trinajstić information content (AvgIpc) is 3.50. The molecule has 0 unspecified atom stereocenters.